The maximum Gasteiger partial charge on any atom is 0.146 e. The zero-order valence-electron chi connectivity index (χ0n) is 19.0. The third-order valence-corrected chi connectivity index (χ3v) is 8.23. The van der Waals surface area contributed by atoms with Gasteiger partial charge in [0, 0.05) is 23.0 Å². The Morgan fingerprint density at radius 2 is 1.88 bits per heavy atom. The Bertz CT molecular complexity index is 1310. The molecule has 34 heavy (non-hydrogen) atoms. The van der Waals surface area contributed by atoms with E-state index in [1.165, 1.54) is 18.5 Å². The van der Waals surface area contributed by atoms with Crippen molar-refractivity contribution in [3.05, 3.63) is 48.0 Å². The van der Waals surface area contributed by atoms with Gasteiger partial charge < -0.3 is 19.5 Å². The van der Waals surface area contributed by atoms with Crippen molar-refractivity contribution < 1.29 is 22.8 Å². The fourth-order valence-electron chi connectivity index (χ4n) is 4.23. The van der Waals surface area contributed by atoms with E-state index in [0.717, 1.165) is 23.8 Å². The molecular formula is C24H27FN4O4S. The molecule has 2 aliphatic heterocycles. The number of aryl methyl sites for hydroxylation is 1. The summed E-state index contributed by atoms with van der Waals surface area (Å²) in [6.45, 7) is 3.68. The number of hydrogen-bond donors (Lipinski definition) is 1. The van der Waals surface area contributed by atoms with Gasteiger partial charge in [0.15, 0.2) is 0 Å². The molecule has 2 aliphatic rings. The summed E-state index contributed by atoms with van der Waals surface area (Å²) in [6.07, 6.45) is 3.01. The number of rotatable bonds is 5. The predicted molar refractivity (Wildman–Crippen MR) is 129 cm³/mol. The number of benzene rings is 2. The van der Waals surface area contributed by atoms with Crippen molar-refractivity contribution in [1.82, 2.24) is 9.97 Å². The highest BCUT2D eigenvalue weighted by atomic mass is 32.2. The lowest BCUT2D eigenvalue weighted by molar-refractivity contribution is 0.0601. The molecule has 0 radical (unpaired) electrons. The average molecular weight is 487 g/mol. The first-order valence-electron chi connectivity index (χ1n) is 11.4. The number of aromatic nitrogens is 2. The van der Waals surface area contributed by atoms with Crippen LogP contribution in [0.25, 0.3) is 10.9 Å². The summed E-state index contributed by atoms with van der Waals surface area (Å²) < 4.78 is 48.5. The molecule has 3 heterocycles. The monoisotopic (exact) mass is 486 g/mol. The number of nitrogens with zero attached hydrogens (tertiary/aromatic N) is 3. The molecule has 2 fully saturated rings. The Kier molecular flexibility index (Phi) is 6.62. The molecule has 0 spiro atoms. The minimum absolute atomic E-state index is 0.341. The van der Waals surface area contributed by atoms with E-state index >= 15 is 0 Å². The van der Waals surface area contributed by atoms with Crippen LogP contribution in [-0.4, -0.2) is 58.2 Å². The zero-order chi connectivity index (χ0) is 23.5. The normalized spacial score (nSPS) is 18.5. The molecule has 0 aliphatic carbocycles. The molecule has 0 atom stereocenters. The van der Waals surface area contributed by atoms with Gasteiger partial charge in [-0.05, 0) is 49.6 Å². The summed E-state index contributed by atoms with van der Waals surface area (Å²) in [5, 5.41) is 4.08. The van der Waals surface area contributed by atoms with Crippen molar-refractivity contribution >= 4 is 37.8 Å². The van der Waals surface area contributed by atoms with Gasteiger partial charge in [-0.1, -0.05) is 0 Å². The maximum absolute atomic E-state index is 14.1. The van der Waals surface area contributed by atoms with Gasteiger partial charge in [0.25, 0.3) is 0 Å². The fourth-order valence-corrected chi connectivity index (χ4v) is 6.42. The van der Waals surface area contributed by atoms with Gasteiger partial charge in [0.1, 0.15) is 29.8 Å². The molecule has 10 heteroatoms. The highest BCUT2D eigenvalue weighted by molar-refractivity contribution is 7.93. The van der Waals surface area contributed by atoms with Crippen molar-refractivity contribution in [1.29, 1.82) is 0 Å². The van der Waals surface area contributed by atoms with E-state index in [1.807, 2.05) is 19.1 Å². The first kappa shape index (κ1) is 22.9. The summed E-state index contributed by atoms with van der Waals surface area (Å²) in [4.78, 5) is 8.84. The van der Waals surface area contributed by atoms with Crippen LogP contribution in [0.4, 0.5) is 21.6 Å². The van der Waals surface area contributed by atoms with Gasteiger partial charge >= 0.3 is 0 Å². The molecule has 0 saturated carbocycles. The largest absolute Gasteiger partial charge is 0.483 e. The minimum atomic E-state index is -2.18. The van der Waals surface area contributed by atoms with Crippen molar-refractivity contribution in [2.75, 3.05) is 43.3 Å². The second kappa shape index (κ2) is 9.81. The van der Waals surface area contributed by atoms with E-state index in [9.17, 15) is 8.60 Å². The second-order valence-corrected chi connectivity index (χ2v) is 11.1. The van der Waals surface area contributed by atoms with Crippen molar-refractivity contribution in [3.8, 4) is 5.75 Å². The molecule has 2 saturated heterocycles. The van der Waals surface area contributed by atoms with Gasteiger partial charge in [-0.3, -0.25) is 0 Å². The summed E-state index contributed by atoms with van der Waals surface area (Å²) in [5.74, 6) is 1.78. The summed E-state index contributed by atoms with van der Waals surface area (Å²) in [7, 11) is -2.18. The lowest BCUT2D eigenvalue weighted by Crippen LogP contribution is -2.26. The molecule has 3 aromatic rings. The van der Waals surface area contributed by atoms with Crippen LogP contribution < -0.4 is 10.1 Å². The minimum Gasteiger partial charge on any atom is -0.483 e. The van der Waals surface area contributed by atoms with E-state index in [4.69, 9.17) is 14.2 Å². The van der Waals surface area contributed by atoms with Gasteiger partial charge in [-0.2, -0.15) is 4.36 Å². The third kappa shape index (κ3) is 5.13. The van der Waals surface area contributed by atoms with Crippen LogP contribution in [0.5, 0.6) is 5.75 Å². The molecule has 0 amide bonds. The molecule has 0 bridgehead atoms. The van der Waals surface area contributed by atoms with Crippen LogP contribution >= 0.6 is 0 Å². The van der Waals surface area contributed by atoms with Crippen LogP contribution in [0.3, 0.4) is 0 Å². The first-order chi connectivity index (χ1) is 16.5. The van der Waals surface area contributed by atoms with Crippen molar-refractivity contribution in [2.24, 2.45) is 4.36 Å². The first-order valence-corrected chi connectivity index (χ1v) is 13.2. The number of fused-ring (bicyclic) bond motifs is 1. The number of halogens is 1. The van der Waals surface area contributed by atoms with Gasteiger partial charge in [0.2, 0.25) is 0 Å². The molecule has 1 N–H and O–H groups in total. The highest BCUT2D eigenvalue weighted by Crippen LogP contribution is 2.34. The Labute approximate surface area is 198 Å². The van der Waals surface area contributed by atoms with Crippen LogP contribution in [-0.2, 0) is 19.2 Å². The topological polar surface area (TPSA) is 94.9 Å². The smallest absolute Gasteiger partial charge is 0.146 e. The van der Waals surface area contributed by atoms with Crippen molar-refractivity contribution in [3.63, 3.8) is 0 Å². The van der Waals surface area contributed by atoms with Crippen LogP contribution in [0.15, 0.2) is 41.0 Å². The molecule has 5 rings (SSSR count). The number of anilines is 2. The third-order valence-electron chi connectivity index (χ3n) is 5.84. The predicted octanol–water partition coefficient (Wildman–Crippen LogP) is 4.51. The van der Waals surface area contributed by atoms with E-state index < -0.39 is 15.5 Å². The standard InChI is InChI=1S/C24H27FN4O4S/c1-16-10-18(29-34(30)8-2-3-9-34)12-21-23(16)24(27-15-26-21)28-20-5-4-17(25)11-22(20)33-19-13-31-6-7-32-14-19/h4-5,10-12,15,19H,2-3,6-9,13-14H2,1H3,(H,26,27,28). The molecule has 180 valence electrons. The zero-order valence-corrected chi connectivity index (χ0v) is 19.8. The highest BCUT2D eigenvalue weighted by Gasteiger charge is 2.19. The summed E-state index contributed by atoms with van der Waals surface area (Å²) in [6, 6.07) is 8.05. The lowest BCUT2D eigenvalue weighted by Gasteiger charge is -2.19. The summed E-state index contributed by atoms with van der Waals surface area (Å²) >= 11 is 0. The van der Waals surface area contributed by atoms with E-state index in [-0.39, 0.29) is 6.10 Å². The molecule has 2 aromatic carbocycles. The Morgan fingerprint density at radius 1 is 1.12 bits per heavy atom. The van der Waals surface area contributed by atoms with Gasteiger partial charge in [0.05, 0.1) is 53.0 Å². The van der Waals surface area contributed by atoms with E-state index in [0.29, 0.717) is 66.4 Å². The number of nitrogens with one attached hydrogen (secondary N) is 1. The summed E-state index contributed by atoms with van der Waals surface area (Å²) in [5.41, 5.74) is 2.82. The molecule has 0 unspecified atom stereocenters. The van der Waals surface area contributed by atoms with Crippen LogP contribution in [0.1, 0.15) is 18.4 Å². The molecule has 8 nitrogen and oxygen atoms in total. The second-order valence-electron chi connectivity index (χ2n) is 8.51. The SMILES string of the molecule is Cc1cc(N=S2(=O)CCCC2)cc2ncnc(Nc3ccc(F)cc3OC3COCCOC3)c12. The Hall–Kier alpha value is -2.82. The average Bonchev–Trinajstić information content (AvgIpc) is 3.06. The van der Waals surface area contributed by atoms with E-state index in [2.05, 4.69) is 19.6 Å². The van der Waals surface area contributed by atoms with Crippen LogP contribution in [0, 0.1) is 12.7 Å². The molecule has 1 aromatic heterocycles. The Morgan fingerprint density at radius 3 is 2.65 bits per heavy atom. The lowest BCUT2D eigenvalue weighted by atomic mass is 10.1. The quantitative estimate of drug-likeness (QED) is 0.567. The number of hydrogen-bond acceptors (Lipinski definition) is 8. The van der Waals surface area contributed by atoms with Gasteiger partial charge in [-0.25, -0.2) is 18.6 Å². The number of ether oxygens (including phenoxy) is 3. The van der Waals surface area contributed by atoms with Gasteiger partial charge in [-0.15, -0.1) is 0 Å². The Balaban J connectivity index is 1.48. The van der Waals surface area contributed by atoms with Crippen LogP contribution in [0.2, 0.25) is 0 Å². The fraction of sp³-hybridized carbons (Fsp3) is 0.417. The van der Waals surface area contributed by atoms with Crippen molar-refractivity contribution in [2.45, 2.75) is 25.9 Å². The van der Waals surface area contributed by atoms with E-state index in [1.54, 1.807) is 6.07 Å². The molecular weight excluding hydrogens is 459 g/mol. The maximum atomic E-state index is 14.1.